The molecule has 0 aromatic heterocycles. The molecule has 2 rings (SSSR count). The number of para-hydroxylation sites is 1. The second kappa shape index (κ2) is 7.18. The smallest absolute Gasteiger partial charge is 0.163 e. The molecule has 0 bridgehead atoms. The van der Waals surface area contributed by atoms with Gasteiger partial charge in [-0.05, 0) is 47.7 Å². The zero-order valence-corrected chi connectivity index (χ0v) is 14.3. The monoisotopic (exact) mass is 313 g/mol. The van der Waals surface area contributed by atoms with Crippen LogP contribution in [-0.4, -0.2) is 25.5 Å². The third-order valence-electron chi connectivity index (χ3n) is 3.71. The summed E-state index contributed by atoms with van der Waals surface area (Å²) >= 11 is 0. The number of hydrogen-bond donors (Lipinski definition) is 1. The van der Waals surface area contributed by atoms with Crippen LogP contribution in [0.1, 0.15) is 36.5 Å². The molecule has 0 fully saturated rings. The average Bonchev–Trinajstić information content (AvgIpc) is 2.52. The number of aryl methyl sites for hydroxylation is 1. The molecule has 0 heterocycles. The Morgan fingerprint density at radius 1 is 1.13 bits per heavy atom. The quantitative estimate of drug-likeness (QED) is 0.821. The predicted molar refractivity (Wildman–Crippen MR) is 93.7 cm³/mol. The van der Waals surface area contributed by atoms with Crippen LogP contribution < -0.4 is 9.47 Å². The number of aliphatic imine (C=N–C) groups is 1. The van der Waals surface area contributed by atoms with Gasteiger partial charge >= 0.3 is 0 Å². The van der Waals surface area contributed by atoms with Gasteiger partial charge in [0, 0.05) is 6.21 Å². The number of benzene rings is 2. The van der Waals surface area contributed by atoms with Gasteiger partial charge in [0.05, 0.1) is 14.2 Å². The van der Waals surface area contributed by atoms with Crippen molar-refractivity contribution in [1.29, 1.82) is 0 Å². The first-order chi connectivity index (χ1) is 11.0. The van der Waals surface area contributed by atoms with Gasteiger partial charge < -0.3 is 14.6 Å². The summed E-state index contributed by atoms with van der Waals surface area (Å²) in [5.74, 6) is 1.85. The maximum Gasteiger partial charge on any atom is 0.163 e. The summed E-state index contributed by atoms with van der Waals surface area (Å²) in [6, 6.07) is 9.44. The van der Waals surface area contributed by atoms with Crippen molar-refractivity contribution in [2.24, 2.45) is 4.99 Å². The van der Waals surface area contributed by atoms with Gasteiger partial charge in [-0.25, -0.2) is 0 Å². The third kappa shape index (κ3) is 3.65. The second-order valence-corrected chi connectivity index (χ2v) is 5.70. The van der Waals surface area contributed by atoms with Gasteiger partial charge in [0.25, 0.3) is 0 Å². The lowest BCUT2D eigenvalue weighted by Crippen LogP contribution is -1.95. The largest absolute Gasteiger partial charge is 0.505 e. The van der Waals surface area contributed by atoms with Crippen molar-refractivity contribution in [3.05, 3.63) is 47.0 Å². The van der Waals surface area contributed by atoms with E-state index in [0.29, 0.717) is 17.2 Å². The zero-order chi connectivity index (χ0) is 17.0. The van der Waals surface area contributed by atoms with Gasteiger partial charge in [-0.1, -0.05) is 26.0 Å². The van der Waals surface area contributed by atoms with E-state index in [2.05, 4.69) is 4.99 Å². The van der Waals surface area contributed by atoms with Crippen molar-refractivity contribution in [2.75, 3.05) is 14.2 Å². The highest BCUT2D eigenvalue weighted by Crippen LogP contribution is 2.35. The normalized spacial score (nSPS) is 11.2. The molecule has 0 aliphatic carbocycles. The van der Waals surface area contributed by atoms with Crippen LogP contribution in [0, 0.1) is 6.92 Å². The Hall–Kier alpha value is -2.49. The van der Waals surface area contributed by atoms with Crippen LogP contribution in [0.4, 0.5) is 5.69 Å². The van der Waals surface area contributed by atoms with Gasteiger partial charge in [0.1, 0.15) is 11.4 Å². The van der Waals surface area contributed by atoms with Crippen LogP contribution in [0.15, 0.2) is 35.3 Å². The first-order valence-corrected chi connectivity index (χ1v) is 7.56. The highest BCUT2D eigenvalue weighted by molar-refractivity contribution is 5.84. The molecule has 23 heavy (non-hydrogen) atoms. The van der Waals surface area contributed by atoms with E-state index in [1.165, 1.54) is 0 Å². The molecule has 4 heteroatoms. The fraction of sp³-hybridized carbons (Fsp3) is 0.316. The molecule has 0 radical (unpaired) electrons. The topological polar surface area (TPSA) is 51.0 Å². The third-order valence-corrected chi connectivity index (χ3v) is 3.71. The Morgan fingerprint density at radius 2 is 1.87 bits per heavy atom. The number of phenolic OH excluding ortho intramolecular Hbond substituents is 1. The van der Waals surface area contributed by atoms with E-state index in [1.54, 1.807) is 26.5 Å². The molecular formula is C19H23NO3. The fourth-order valence-electron chi connectivity index (χ4n) is 2.52. The molecular weight excluding hydrogens is 290 g/mol. The van der Waals surface area contributed by atoms with E-state index in [1.807, 2.05) is 45.0 Å². The van der Waals surface area contributed by atoms with Gasteiger partial charge in [0.15, 0.2) is 11.5 Å². The van der Waals surface area contributed by atoms with E-state index in [4.69, 9.17) is 9.47 Å². The van der Waals surface area contributed by atoms with Gasteiger partial charge in [0.2, 0.25) is 0 Å². The van der Waals surface area contributed by atoms with Crippen LogP contribution in [0.2, 0.25) is 0 Å². The van der Waals surface area contributed by atoms with E-state index in [9.17, 15) is 5.11 Å². The van der Waals surface area contributed by atoms with Gasteiger partial charge in [-0.3, -0.25) is 4.99 Å². The summed E-state index contributed by atoms with van der Waals surface area (Å²) in [4.78, 5) is 4.42. The number of phenols is 1. The molecule has 0 unspecified atom stereocenters. The Morgan fingerprint density at radius 3 is 2.48 bits per heavy atom. The van der Waals surface area contributed by atoms with Crippen molar-refractivity contribution in [3.8, 4) is 17.2 Å². The lowest BCUT2D eigenvalue weighted by molar-refractivity contribution is 0.353. The highest BCUT2D eigenvalue weighted by atomic mass is 16.5. The first-order valence-electron chi connectivity index (χ1n) is 7.56. The van der Waals surface area contributed by atoms with Crippen LogP contribution in [0.25, 0.3) is 0 Å². The SMILES string of the molecule is COc1cc(C=Nc2cccc(C(C)C)c2O)cc(C)c1OC. The summed E-state index contributed by atoms with van der Waals surface area (Å²) in [5, 5.41) is 10.3. The van der Waals surface area contributed by atoms with E-state index in [0.717, 1.165) is 16.7 Å². The molecule has 0 saturated carbocycles. The van der Waals surface area contributed by atoms with Crippen LogP contribution in [0.5, 0.6) is 17.2 Å². The van der Waals surface area contributed by atoms with Crippen LogP contribution in [0.3, 0.4) is 0 Å². The highest BCUT2D eigenvalue weighted by Gasteiger charge is 2.10. The standard InChI is InChI=1S/C19H23NO3/c1-12(2)15-7-6-8-16(18(15)21)20-11-14-9-13(3)19(23-5)17(10-14)22-4/h6-12,21H,1-5H3. The van der Waals surface area contributed by atoms with Crippen molar-refractivity contribution >= 4 is 11.9 Å². The molecule has 122 valence electrons. The predicted octanol–water partition coefficient (Wildman–Crippen LogP) is 4.59. The molecule has 4 nitrogen and oxygen atoms in total. The lowest BCUT2D eigenvalue weighted by atomic mass is 10.0. The minimum Gasteiger partial charge on any atom is -0.505 e. The van der Waals surface area contributed by atoms with Crippen molar-refractivity contribution in [1.82, 2.24) is 0 Å². The van der Waals surface area contributed by atoms with E-state index >= 15 is 0 Å². The van der Waals surface area contributed by atoms with Crippen LogP contribution in [-0.2, 0) is 0 Å². The average molecular weight is 313 g/mol. The molecule has 1 N–H and O–H groups in total. The maximum absolute atomic E-state index is 10.3. The van der Waals surface area contributed by atoms with Crippen LogP contribution >= 0.6 is 0 Å². The minimum atomic E-state index is 0.232. The molecule has 0 spiro atoms. The Bertz CT molecular complexity index is 721. The number of methoxy groups -OCH3 is 2. The summed E-state index contributed by atoms with van der Waals surface area (Å²) < 4.78 is 10.7. The minimum absolute atomic E-state index is 0.232. The summed E-state index contributed by atoms with van der Waals surface area (Å²) in [7, 11) is 3.23. The molecule has 2 aromatic carbocycles. The zero-order valence-electron chi connectivity index (χ0n) is 14.3. The fourth-order valence-corrected chi connectivity index (χ4v) is 2.52. The second-order valence-electron chi connectivity index (χ2n) is 5.70. The number of ether oxygens (including phenoxy) is 2. The summed E-state index contributed by atoms with van der Waals surface area (Å²) in [5.41, 5.74) is 3.30. The van der Waals surface area contributed by atoms with Crippen molar-refractivity contribution in [3.63, 3.8) is 0 Å². The number of hydrogen-bond acceptors (Lipinski definition) is 4. The van der Waals surface area contributed by atoms with Gasteiger partial charge in [-0.15, -0.1) is 0 Å². The molecule has 0 aliphatic rings. The number of rotatable bonds is 5. The Balaban J connectivity index is 2.38. The van der Waals surface area contributed by atoms with E-state index in [-0.39, 0.29) is 11.7 Å². The lowest BCUT2D eigenvalue weighted by Gasteiger charge is -2.11. The maximum atomic E-state index is 10.3. The van der Waals surface area contributed by atoms with Crippen molar-refractivity contribution < 1.29 is 14.6 Å². The Labute approximate surface area is 137 Å². The number of aromatic hydroxyl groups is 1. The Kier molecular flexibility index (Phi) is 5.27. The molecule has 0 saturated heterocycles. The van der Waals surface area contributed by atoms with Crippen molar-refractivity contribution in [2.45, 2.75) is 26.7 Å². The molecule has 0 atom stereocenters. The summed E-state index contributed by atoms with van der Waals surface area (Å²) in [6.45, 7) is 6.04. The summed E-state index contributed by atoms with van der Waals surface area (Å²) in [6.07, 6.45) is 1.72. The molecule has 2 aromatic rings. The van der Waals surface area contributed by atoms with E-state index < -0.39 is 0 Å². The molecule has 0 aliphatic heterocycles. The number of nitrogens with zero attached hydrogens (tertiary/aromatic N) is 1. The van der Waals surface area contributed by atoms with Gasteiger partial charge in [-0.2, -0.15) is 0 Å². The molecule has 0 amide bonds. The first kappa shape index (κ1) is 16.9.